The Morgan fingerprint density at radius 1 is 1.24 bits per heavy atom. The fraction of sp³-hybridized carbons (Fsp3) is 0.600. The fourth-order valence-corrected chi connectivity index (χ4v) is 2.13. The number of nitrogens with one attached hydrogen (secondary N) is 1. The van der Waals surface area contributed by atoms with Gasteiger partial charge in [-0.05, 0) is 31.4 Å². The fourth-order valence-electron chi connectivity index (χ4n) is 1.29. The molecule has 17 heavy (non-hydrogen) atoms. The number of nitrogens with zero attached hydrogens (tertiary/aromatic N) is 2. The Bertz CT molecular complexity index is 503. The summed E-state index contributed by atoms with van der Waals surface area (Å²) in [5.41, 5.74) is 1.82. The van der Waals surface area contributed by atoms with E-state index in [1.54, 1.807) is 0 Å². The van der Waals surface area contributed by atoms with Crippen LogP contribution in [0, 0.1) is 13.8 Å². The number of rotatable bonds is 5. The van der Waals surface area contributed by atoms with Gasteiger partial charge >= 0.3 is 0 Å². The molecule has 0 aliphatic rings. The van der Waals surface area contributed by atoms with E-state index in [0.717, 1.165) is 11.1 Å². The lowest BCUT2D eigenvalue weighted by atomic mass is 10.2. The summed E-state index contributed by atoms with van der Waals surface area (Å²) in [6, 6.07) is 0. The second kappa shape index (κ2) is 5.64. The first kappa shape index (κ1) is 14.2. The number of hydrogen-bond donors (Lipinski definition) is 1. The SMILES string of the molecule is Cc1c(Cl)nnc(NCCCS(C)(=O)=O)c1C. The van der Waals surface area contributed by atoms with Crippen molar-refractivity contribution in [3.63, 3.8) is 0 Å². The van der Waals surface area contributed by atoms with Crippen LogP contribution in [0.4, 0.5) is 5.82 Å². The number of hydrogen-bond acceptors (Lipinski definition) is 5. The molecule has 0 aromatic carbocycles. The van der Waals surface area contributed by atoms with Crippen molar-refractivity contribution in [2.75, 3.05) is 23.9 Å². The first-order chi connectivity index (χ1) is 7.81. The van der Waals surface area contributed by atoms with Gasteiger partial charge in [0.05, 0.1) is 5.75 Å². The molecule has 1 aromatic rings. The van der Waals surface area contributed by atoms with Crippen molar-refractivity contribution < 1.29 is 8.42 Å². The maximum absolute atomic E-state index is 10.9. The van der Waals surface area contributed by atoms with Crippen molar-refractivity contribution in [2.24, 2.45) is 0 Å². The van der Waals surface area contributed by atoms with E-state index in [0.29, 0.717) is 23.9 Å². The molecular weight excluding hydrogens is 262 g/mol. The smallest absolute Gasteiger partial charge is 0.155 e. The zero-order valence-corrected chi connectivity index (χ0v) is 11.7. The standard InChI is InChI=1S/C10H16ClN3O2S/c1-7-8(2)10(14-13-9(7)11)12-5-4-6-17(3,15)16/h4-6H2,1-3H3,(H,12,14). The minimum absolute atomic E-state index is 0.166. The highest BCUT2D eigenvalue weighted by Crippen LogP contribution is 2.20. The summed E-state index contributed by atoms with van der Waals surface area (Å²) < 4.78 is 21.9. The molecule has 96 valence electrons. The molecule has 0 saturated heterocycles. The maximum Gasteiger partial charge on any atom is 0.155 e. The van der Waals surface area contributed by atoms with Crippen LogP contribution in [0.15, 0.2) is 0 Å². The van der Waals surface area contributed by atoms with Gasteiger partial charge < -0.3 is 5.32 Å². The lowest BCUT2D eigenvalue weighted by Gasteiger charge is -2.09. The lowest BCUT2D eigenvalue weighted by Crippen LogP contribution is -2.12. The maximum atomic E-state index is 10.9. The average Bonchev–Trinajstić information content (AvgIpc) is 2.22. The number of anilines is 1. The predicted octanol–water partition coefficient (Wildman–Crippen LogP) is 1.59. The van der Waals surface area contributed by atoms with E-state index in [9.17, 15) is 8.42 Å². The zero-order chi connectivity index (χ0) is 13.1. The van der Waals surface area contributed by atoms with Crippen molar-refractivity contribution in [3.05, 3.63) is 16.3 Å². The molecule has 1 aromatic heterocycles. The average molecular weight is 278 g/mol. The molecule has 0 fully saturated rings. The van der Waals surface area contributed by atoms with Crippen molar-refractivity contribution in [2.45, 2.75) is 20.3 Å². The Labute approximate surface area is 107 Å². The van der Waals surface area contributed by atoms with E-state index in [1.165, 1.54) is 6.26 Å². The molecule has 1 rings (SSSR count). The Morgan fingerprint density at radius 3 is 2.47 bits per heavy atom. The van der Waals surface area contributed by atoms with Crippen LogP contribution in [-0.4, -0.2) is 37.2 Å². The lowest BCUT2D eigenvalue weighted by molar-refractivity contribution is 0.600. The summed E-state index contributed by atoms with van der Waals surface area (Å²) in [6.07, 6.45) is 1.77. The summed E-state index contributed by atoms with van der Waals surface area (Å²) in [7, 11) is -2.90. The molecule has 1 heterocycles. The molecular formula is C10H16ClN3O2S. The monoisotopic (exact) mass is 277 g/mol. The molecule has 0 unspecified atom stereocenters. The topological polar surface area (TPSA) is 72.0 Å². The van der Waals surface area contributed by atoms with Gasteiger partial charge in [-0.25, -0.2) is 8.42 Å². The molecule has 0 bridgehead atoms. The van der Waals surface area contributed by atoms with Crippen LogP contribution in [-0.2, 0) is 9.84 Å². The number of sulfone groups is 1. The van der Waals surface area contributed by atoms with Crippen LogP contribution < -0.4 is 5.32 Å². The highest BCUT2D eigenvalue weighted by atomic mass is 35.5. The number of halogens is 1. The summed E-state index contributed by atoms with van der Waals surface area (Å²) in [4.78, 5) is 0. The van der Waals surface area contributed by atoms with Gasteiger partial charge in [-0.3, -0.25) is 0 Å². The van der Waals surface area contributed by atoms with E-state index in [4.69, 9.17) is 11.6 Å². The van der Waals surface area contributed by atoms with Crippen molar-refractivity contribution in [1.29, 1.82) is 0 Å². The number of aromatic nitrogens is 2. The molecule has 0 saturated carbocycles. The van der Waals surface area contributed by atoms with Gasteiger partial charge in [0, 0.05) is 12.8 Å². The largest absolute Gasteiger partial charge is 0.368 e. The van der Waals surface area contributed by atoms with E-state index < -0.39 is 9.84 Å². The summed E-state index contributed by atoms with van der Waals surface area (Å²) in [5, 5.41) is 11.2. The third-order valence-electron chi connectivity index (χ3n) is 2.45. The molecule has 0 aliphatic carbocycles. The minimum atomic E-state index is -2.90. The predicted molar refractivity (Wildman–Crippen MR) is 69.3 cm³/mol. The van der Waals surface area contributed by atoms with E-state index >= 15 is 0 Å². The quantitative estimate of drug-likeness (QED) is 0.828. The van der Waals surface area contributed by atoms with Gasteiger partial charge in [0.1, 0.15) is 9.84 Å². The Hall–Kier alpha value is -0.880. The minimum Gasteiger partial charge on any atom is -0.368 e. The molecule has 7 heteroatoms. The van der Waals surface area contributed by atoms with Crippen LogP contribution in [0.3, 0.4) is 0 Å². The molecule has 0 radical (unpaired) electrons. The van der Waals surface area contributed by atoms with Crippen LogP contribution in [0.1, 0.15) is 17.5 Å². The molecule has 5 nitrogen and oxygen atoms in total. The van der Waals surface area contributed by atoms with Crippen LogP contribution in [0.2, 0.25) is 5.15 Å². The first-order valence-corrected chi connectivity index (χ1v) is 7.66. The van der Waals surface area contributed by atoms with Crippen LogP contribution in [0.25, 0.3) is 0 Å². The van der Waals surface area contributed by atoms with Gasteiger partial charge in [0.2, 0.25) is 0 Å². The molecule has 0 spiro atoms. The van der Waals surface area contributed by atoms with Gasteiger partial charge in [0.15, 0.2) is 11.0 Å². The zero-order valence-electron chi connectivity index (χ0n) is 10.1. The Balaban J connectivity index is 2.56. The highest BCUT2D eigenvalue weighted by molar-refractivity contribution is 7.90. The molecule has 0 amide bonds. The molecule has 0 atom stereocenters. The van der Waals surface area contributed by atoms with E-state index in [1.807, 2.05) is 13.8 Å². The summed E-state index contributed by atoms with van der Waals surface area (Å²) in [5.74, 6) is 0.819. The third-order valence-corrected chi connectivity index (χ3v) is 3.84. The summed E-state index contributed by atoms with van der Waals surface area (Å²) in [6.45, 7) is 4.31. The van der Waals surface area contributed by atoms with Crippen molar-refractivity contribution in [3.8, 4) is 0 Å². The molecule has 0 aliphatic heterocycles. The normalized spacial score (nSPS) is 11.5. The third kappa shape index (κ3) is 4.47. The summed E-state index contributed by atoms with van der Waals surface area (Å²) >= 11 is 5.83. The van der Waals surface area contributed by atoms with Crippen LogP contribution in [0.5, 0.6) is 0 Å². The van der Waals surface area contributed by atoms with Gasteiger partial charge in [-0.15, -0.1) is 10.2 Å². The van der Waals surface area contributed by atoms with E-state index in [-0.39, 0.29) is 5.75 Å². The molecule has 1 N–H and O–H groups in total. The van der Waals surface area contributed by atoms with Gasteiger partial charge in [-0.2, -0.15) is 0 Å². The second-order valence-corrected chi connectivity index (χ2v) is 6.62. The van der Waals surface area contributed by atoms with E-state index in [2.05, 4.69) is 15.5 Å². The Kier molecular flexibility index (Phi) is 4.70. The van der Waals surface area contributed by atoms with Crippen molar-refractivity contribution >= 4 is 27.3 Å². The first-order valence-electron chi connectivity index (χ1n) is 5.22. The van der Waals surface area contributed by atoms with Crippen LogP contribution >= 0.6 is 11.6 Å². The Morgan fingerprint density at radius 2 is 1.88 bits per heavy atom. The second-order valence-electron chi connectivity index (χ2n) is 4.00. The highest BCUT2D eigenvalue weighted by Gasteiger charge is 2.08. The van der Waals surface area contributed by atoms with Gasteiger partial charge in [-0.1, -0.05) is 11.6 Å². The van der Waals surface area contributed by atoms with Crippen molar-refractivity contribution in [1.82, 2.24) is 10.2 Å². The van der Waals surface area contributed by atoms with Gasteiger partial charge in [0.25, 0.3) is 0 Å².